The number of nitrogens with one attached hydrogen (secondary N) is 2. The number of anilines is 2. The summed E-state index contributed by atoms with van der Waals surface area (Å²) in [4.78, 5) is 19.5. The van der Waals surface area contributed by atoms with Gasteiger partial charge >= 0.3 is 0 Å². The van der Waals surface area contributed by atoms with Gasteiger partial charge in [0.05, 0.1) is 5.60 Å². The molecule has 1 atom stereocenters. The van der Waals surface area contributed by atoms with E-state index in [2.05, 4.69) is 20.0 Å². The van der Waals surface area contributed by atoms with Gasteiger partial charge in [0.15, 0.2) is 5.82 Å². The van der Waals surface area contributed by atoms with Crippen LogP contribution < -0.4 is 14.3 Å². The number of nitrogens with zero attached hydrogens (tertiary/aromatic N) is 3. The quantitative estimate of drug-likeness (QED) is 0.594. The highest BCUT2D eigenvalue weighted by Crippen LogP contribution is 2.36. The third-order valence-corrected chi connectivity index (χ3v) is 4.84. The van der Waals surface area contributed by atoms with Crippen molar-refractivity contribution >= 4 is 39.6 Å². The molecule has 0 saturated carbocycles. The summed E-state index contributed by atoms with van der Waals surface area (Å²) < 4.78 is 29.9. The third-order valence-electron chi connectivity index (χ3n) is 3.73. The monoisotopic (exact) mass is 383 g/mol. The van der Waals surface area contributed by atoms with Crippen molar-refractivity contribution in [1.29, 1.82) is 0 Å². The van der Waals surface area contributed by atoms with Gasteiger partial charge in [0.1, 0.15) is 23.5 Å². The summed E-state index contributed by atoms with van der Waals surface area (Å²) >= 11 is -1.98. The summed E-state index contributed by atoms with van der Waals surface area (Å²) in [7, 11) is 0. The first-order valence-corrected chi connectivity index (χ1v) is 8.90. The Morgan fingerprint density at radius 1 is 1.50 bits per heavy atom. The van der Waals surface area contributed by atoms with Crippen molar-refractivity contribution in [3.05, 3.63) is 18.1 Å². The van der Waals surface area contributed by atoms with Crippen molar-refractivity contribution in [1.82, 2.24) is 14.7 Å². The summed E-state index contributed by atoms with van der Waals surface area (Å²) in [5.41, 5.74) is -1.32. The Bertz CT molecular complexity index is 902. The number of phenols is 1. The fourth-order valence-corrected chi connectivity index (χ4v) is 3.39. The second-order valence-corrected chi connectivity index (χ2v) is 7.63. The van der Waals surface area contributed by atoms with Gasteiger partial charge in [-0.2, -0.15) is 0 Å². The Morgan fingerprint density at radius 3 is 2.85 bits per heavy atom. The molecule has 26 heavy (non-hydrogen) atoms. The van der Waals surface area contributed by atoms with E-state index in [1.807, 2.05) is 0 Å². The highest BCUT2D eigenvalue weighted by Gasteiger charge is 2.32. The number of carbonyl (C=O) groups excluding carboxylic acids is 1. The van der Waals surface area contributed by atoms with Crippen LogP contribution >= 0.6 is 0 Å². The van der Waals surface area contributed by atoms with E-state index in [1.54, 1.807) is 13.8 Å². The largest absolute Gasteiger partial charge is 0.506 e. The fraction of sp³-hybridized carbons (Fsp3) is 0.400. The van der Waals surface area contributed by atoms with Crippen LogP contribution in [0.4, 0.5) is 16.0 Å². The van der Waals surface area contributed by atoms with Crippen molar-refractivity contribution in [2.75, 3.05) is 22.7 Å². The number of aliphatic hydroxyl groups is 1. The molecule has 4 N–H and O–H groups in total. The molecule has 3 rings (SSSR count). The smallest absolute Gasteiger partial charge is 0.253 e. The van der Waals surface area contributed by atoms with Crippen LogP contribution in [-0.4, -0.2) is 49.0 Å². The lowest BCUT2D eigenvalue weighted by molar-refractivity contribution is -0.117. The zero-order valence-corrected chi connectivity index (χ0v) is 14.9. The predicted octanol–water partition coefficient (Wildman–Crippen LogP) is 0.562. The van der Waals surface area contributed by atoms with Crippen LogP contribution in [0.3, 0.4) is 0 Å². The van der Waals surface area contributed by atoms with Gasteiger partial charge in [-0.3, -0.25) is 13.8 Å². The number of amides is 1. The fourth-order valence-electron chi connectivity index (χ4n) is 2.45. The molecule has 9 nitrogen and oxygen atoms in total. The lowest BCUT2D eigenvalue weighted by Gasteiger charge is -2.18. The lowest BCUT2D eigenvalue weighted by Crippen LogP contribution is -2.24. The van der Waals surface area contributed by atoms with Crippen LogP contribution in [0.1, 0.15) is 20.3 Å². The van der Waals surface area contributed by atoms with Gasteiger partial charge in [-0.1, -0.05) is 0 Å². The van der Waals surface area contributed by atoms with Crippen molar-refractivity contribution in [2.24, 2.45) is 0 Å². The summed E-state index contributed by atoms with van der Waals surface area (Å²) in [5, 5.41) is 22.9. The number of halogens is 1. The molecule has 1 amide bonds. The molecule has 140 valence electrons. The first kappa shape index (κ1) is 18.3. The standard InChI is InChI=1S/C15H18FN5O4S/c1-15(2,24)3-4-17-14-18-6-8-5-9(22)13(11(16)12(8)19-14)21-7-10(23)20-26(21)25/h5-6,22,24H,3-4,7H2,1-2H3,(H,20,23)(H,17,18,19). The maximum atomic E-state index is 14.9. The second kappa shape index (κ2) is 6.65. The van der Waals surface area contributed by atoms with Gasteiger partial charge in [0.25, 0.3) is 5.91 Å². The molecule has 0 radical (unpaired) electrons. The minimum Gasteiger partial charge on any atom is -0.506 e. The molecule has 11 heteroatoms. The number of benzene rings is 1. The van der Waals surface area contributed by atoms with Crippen LogP contribution in [0, 0.1) is 5.82 Å². The normalized spacial score (nSPS) is 17.6. The number of aromatic hydroxyl groups is 1. The maximum absolute atomic E-state index is 14.9. The molecule has 0 bridgehead atoms. The molecule has 1 unspecified atom stereocenters. The number of fused-ring (bicyclic) bond motifs is 1. The molecule has 1 aromatic heterocycles. The van der Waals surface area contributed by atoms with E-state index in [0.717, 1.165) is 4.31 Å². The summed E-state index contributed by atoms with van der Waals surface area (Å²) in [5.74, 6) is -1.77. The Balaban J connectivity index is 1.95. The molecule has 1 aliphatic heterocycles. The van der Waals surface area contributed by atoms with Gasteiger partial charge in [0.2, 0.25) is 17.1 Å². The average molecular weight is 383 g/mol. The van der Waals surface area contributed by atoms with Gasteiger partial charge in [0, 0.05) is 18.1 Å². The first-order valence-electron chi connectivity index (χ1n) is 7.79. The number of aromatic nitrogens is 2. The van der Waals surface area contributed by atoms with Gasteiger partial charge in [-0.15, -0.1) is 0 Å². The van der Waals surface area contributed by atoms with Crippen LogP contribution in [-0.2, 0) is 16.0 Å². The Kier molecular flexibility index (Phi) is 4.67. The molecule has 2 aromatic rings. The third kappa shape index (κ3) is 3.68. The molecule has 0 spiro atoms. The Hall–Kier alpha value is -2.53. The van der Waals surface area contributed by atoms with E-state index in [1.165, 1.54) is 12.3 Å². The van der Waals surface area contributed by atoms with Crippen molar-refractivity contribution in [3.8, 4) is 5.75 Å². The Labute approximate surface area is 151 Å². The molecular formula is C15H18FN5O4S. The van der Waals surface area contributed by atoms with Gasteiger partial charge in [-0.05, 0) is 26.3 Å². The number of carbonyl (C=O) groups is 1. The first-order chi connectivity index (χ1) is 12.2. The highest BCUT2D eigenvalue weighted by atomic mass is 32.2. The van der Waals surface area contributed by atoms with E-state index in [9.17, 15) is 23.6 Å². The molecule has 1 fully saturated rings. The van der Waals surface area contributed by atoms with E-state index >= 15 is 0 Å². The average Bonchev–Trinajstić information content (AvgIpc) is 2.85. The number of hydrogen-bond donors (Lipinski definition) is 4. The minimum absolute atomic E-state index is 0.0880. The summed E-state index contributed by atoms with van der Waals surface area (Å²) in [6, 6.07) is 1.24. The van der Waals surface area contributed by atoms with Crippen molar-refractivity contribution < 1.29 is 23.6 Å². The zero-order chi connectivity index (χ0) is 19.1. The van der Waals surface area contributed by atoms with Crippen LogP contribution in [0.2, 0.25) is 0 Å². The highest BCUT2D eigenvalue weighted by molar-refractivity contribution is 7.85. The van der Waals surface area contributed by atoms with Gasteiger partial charge < -0.3 is 15.5 Å². The van der Waals surface area contributed by atoms with Crippen molar-refractivity contribution in [2.45, 2.75) is 25.9 Å². The maximum Gasteiger partial charge on any atom is 0.253 e. The topological polar surface area (TPSA) is 128 Å². The molecule has 0 aliphatic carbocycles. The Morgan fingerprint density at radius 2 is 2.23 bits per heavy atom. The van der Waals surface area contributed by atoms with E-state index in [4.69, 9.17) is 0 Å². The number of phenolic OH excluding ortho intramolecular Hbond substituents is 1. The lowest BCUT2D eigenvalue weighted by atomic mass is 10.1. The SMILES string of the molecule is CC(C)(O)CCNc1ncc2cc(O)c(N3CC(=O)NS3=O)c(F)c2n1. The molecule has 1 aromatic carbocycles. The summed E-state index contributed by atoms with van der Waals surface area (Å²) in [6.07, 6.45) is 1.77. The predicted molar refractivity (Wildman–Crippen MR) is 94.2 cm³/mol. The molecular weight excluding hydrogens is 365 g/mol. The molecule has 2 heterocycles. The van der Waals surface area contributed by atoms with Crippen LogP contribution in [0.25, 0.3) is 10.9 Å². The van der Waals surface area contributed by atoms with E-state index < -0.39 is 34.2 Å². The molecule has 1 saturated heterocycles. The van der Waals surface area contributed by atoms with Crippen LogP contribution in [0.5, 0.6) is 5.75 Å². The van der Waals surface area contributed by atoms with E-state index in [0.29, 0.717) is 13.0 Å². The number of rotatable bonds is 5. The van der Waals surface area contributed by atoms with E-state index in [-0.39, 0.29) is 29.1 Å². The zero-order valence-electron chi connectivity index (χ0n) is 14.1. The summed E-state index contributed by atoms with van der Waals surface area (Å²) in [6.45, 7) is 3.35. The molecule has 1 aliphatic rings. The van der Waals surface area contributed by atoms with Crippen LogP contribution in [0.15, 0.2) is 12.3 Å². The second-order valence-electron chi connectivity index (χ2n) is 6.49. The van der Waals surface area contributed by atoms with Gasteiger partial charge in [-0.25, -0.2) is 18.6 Å². The number of hydrogen-bond acceptors (Lipinski definition) is 7. The minimum atomic E-state index is -1.98. The van der Waals surface area contributed by atoms with Crippen molar-refractivity contribution in [3.63, 3.8) is 0 Å².